The van der Waals surface area contributed by atoms with Gasteiger partial charge in [-0.15, -0.1) is 0 Å². The molecule has 2 rings (SSSR count). The van der Waals surface area contributed by atoms with Gasteiger partial charge in [0, 0.05) is 18.3 Å². The van der Waals surface area contributed by atoms with Crippen molar-refractivity contribution in [3.8, 4) is 11.3 Å². The largest absolute Gasteiger partial charge is 0.396 e. The summed E-state index contributed by atoms with van der Waals surface area (Å²) in [5.74, 6) is 0.678. The summed E-state index contributed by atoms with van der Waals surface area (Å²) in [6.07, 6.45) is 4.11. The first-order chi connectivity index (χ1) is 9.10. The van der Waals surface area contributed by atoms with Crippen LogP contribution in [-0.2, 0) is 13.0 Å². The highest BCUT2D eigenvalue weighted by Gasteiger charge is 2.08. The Hall–Kier alpha value is -1.77. The van der Waals surface area contributed by atoms with Crippen molar-refractivity contribution < 1.29 is 0 Å². The van der Waals surface area contributed by atoms with Crippen LogP contribution in [-0.4, -0.2) is 9.78 Å². The van der Waals surface area contributed by atoms with Crippen LogP contribution in [0.5, 0.6) is 0 Å². The third kappa shape index (κ3) is 3.37. The van der Waals surface area contributed by atoms with Crippen LogP contribution in [0.15, 0.2) is 30.5 Å². The fourth-order valence-electron chi connectivity index (χ4n) is 2.06. The Morgan fingerprint density at radius 1 is 1.21 bits per heavy atom. The van der Waals surface area contributed by atoms with Gasteiger partial charge in [0.2, 0.25) is 0 Å². The molecular weight excluding hydrogens is 234 g/mol. The smallest absolute Gasteiger partial charge is 0.115 e. The van der Waals surface area contributed by atoms with E-state index >= 15 is 0 Å². The van der Waals surface area contributed by atoms with E-state index in [1.165, 1.54) is 5.56 Å². The number of hydrogen-bond donors (Lipinski definition) is 1. The maximum Gasteiger partial charge on any atom is 0.115 e. The Bertz CT molecular complexity index is 523. The highest BCUT2D eigenvalue weighted by molar-refractivity contribution is 5.72. The maximum absolute atomic E-state index is 6.07. The van der Waals surface area contributed by atoms with Gasteiger partial charge in [-0.1, -0.05) is 45.0 Å². The second kappa shape index (κ2) is 5.91. The minimum Gasteiger partial charge on any atom is -0.396 e. The van der Waals surface area contributed by atoms with Crippen LogP contribution in [0.2, 0.25) is 0 Å². The number of hydrogen-bond acceptors (Lipinski definition) is 2. The summed E-state index contributed by atoms with van der Waals surface area (Å²) in [6.45, 7) is 7.52. The normalized spacial score (nSPS) is 11.2. The lowest BCUT2D eigenvalue weighted by molar-refractivity contribution is 0.488. The molecule has 0 atom stereocenters. The molecule has 3 heteroatoms. The Morgan fingerprint density at radius 2 is 1.89 bits per heavy atom. The lowest BCUT2D eigenvalue weighted by Gasteiger charge is -2.04. The summed E-state index contributed by atoms with van der Waals surface area (Å²) in [5.41, 5.74) is 10.1. The fraction of sp³-hybridized carbons (Fsp3) is 0.438. The topological polar surface area (TPSA) is 43.8 Å². The van der Waals surface area contributed by atoms with Crippen molar-refractivity contribution in [1.82, 2.24) is 9.78 Å². The van der Waals surface area contributed by atoms with Crippen molar-refractivity contribution in [2.75, 3.05) is 5.73 Å². The molecule has 102 valence electrons. The van der Waals surface area contributed by atoms with Crippen molar-refractivity contribution in [2.24, 2.45) is 5.92 Å². The molecule has 0 amide bonds. The second-order valence-electron chi connectivity index (χ2n) is 5.43. The van der Waals surface area contributed by atoms with Crippen molar-refractivity contribution in [1.29, 1.82) is 0 Å². The molecule has 2 aromatic rings. The molecule has 0 unspecified atom stereocenters. The zero-order valence-corrected chi connectivity index (χ0v) is 12.1. The summed E-state index contributed by atoms with van der Waals surface area (Å²) < 4.78 is 1.96. The highest BCUT2D eigenvalue weighted by atomic mass is 15.3. The van der Waals surface area contributed by atoms with Gasteiger partial charge in [0.1, 0.15) is 5.69 Å². The molecule has 2 N–H and O–H groups in total. The number of nitrogens with zero attached hydrogens (tertiary/aromatic N) is 2. The van der Waals surface area contributed by atoms with Gasteiger partial charge >= 0.3 is 0 Å². The Balaban J connectivity index is 2.19. The van der Waals surface area contributed by atoms with E-state index in [1.54, 1.807) is 0 Å². The van der Waals surface area contributed by atoms with Gasteiger partial charge in [-0.25, -0.2) is 0 Å². The van der Waals surface area contributed by atoms with E-state index in [0.717, 1.165) is 36.3 Å². The number of aromatic nitrogens is 2. The first-order valence-corrected chi connectivity index (χ1v) is 7.02. The van der Waals surface area contributed by atoms with Crippen LogP contribution in [0.25, 0.3) is 11.3 Å². The van der Waals surface area contributed by atoms with Gasteiger partial charge in [0.25, 0.3) is 0 Å². The molecule has 1 aromatic heterocycles. The number of rotatable bonds is 5. The summed E-state index contributed by atoms with van der Waals surface area (Å²) in [5, 5.41) is 4.60. The van der Waals surface area contributed by atoms with Crippen LogP contribution < -0.4 is 5.73 Å². The molecule has 1 heterocycles. The van der Waals surface area contributed by atoms with Gasteiger partial charge in [-0.3, -0.25) is 4.68 Å². The average Bonchev–Trinajstić information content (AvgIpc) is 2.78. The van der Waals surface area contributed by atoms with Gasteiger partial charge in [-0.2, -0.15) is 5.10 Å². The molecule has 0 saturated heterocycles. The average molecular weight is 257 g/mol. The van der Waals surface area contributed by atoms with Crippen molar-refractivity contribution >= 4 is 5.69 Å². The summed E-state index contributed by atoms with van der Waals surface area (Å²) >= 11 is 0. The number of aryl methyl sites for hydroxylation is 2. The first kappa shape index (κ1) is 13.7. The Morgan fingerprint density at radius 3 is 2.47 bits per heavy atom. The van der Waals surface area contributed by atoms with E-state index in [0.29, 0.717) is 5.92 Å². The summed E-state index contributed by atoms with van der Waals surface area (Å²) in [4.78, 5) is 0. The monoisotopic (exact) mass is 257 g/mol. The third-order valence-corrected chi connectivity index (χ3v) is 3.36. The molecule has 19 heavy (non-hydrogen) atoms. The van der Waals surface area contributed by atoms with Crippen molar-refractivity contribution in [2.45, 2.75) is 40.2 Å². The van der Waals surface area contributed by atoms with Gasteiger partial charge < -0.3 is 5.73 Å². The van der Waals surface area contributed by atoms with E-state index in [2.05, 4.69) is 50.1 Å². The van der Waals surface area contributed by atoms with E-state index in [4.69, 9.17) is 5.73 Å². The standard InChI is InChI=1S/C16H23N3/c1-4-13-5-7-14(8-6-13)16-15(17)11-19(18-16)10-9-12(2)3/h5-8,11-12H,4,9-10,17H2,1-3H3. The van der Waals surface area contributed by atoms with E-state index < -0.39 is 0 Å². The van der Waals surface area contributed by atoms with E-state index in [9.17, 15) is 0 Å². The zero-order valence-electron chi connectivity index (χ0n) is 12.1. The molecule has 0 bridgehead atoms. The minimum atomic E-state index is 0.678. The number of nitrogens with two attached hydrogens (primary N) is 1. The Labute approximate surface area is 115 Å². The second-order valence-corrected chi connectivity index (χ2v) is 5.43. The van der Waals surface area contributed by atoms with Crippen LogP contribution in [0.1, 0.15) is 32.8 Å². The van der Waals surface area contributed by atoms with E-state index in [1.807, 2.05) is 10.9 Å². The predicted molar refractivity (Wildman–Crippen MR) is 80.9 cm³/mol. The molecule has 0 radical (unpaired) electrons. The molecule has 3 nitrogen and oxygen atoms in total. The van der Waals surface area contributed by atoms with E-state index in [-0.39, 0.29) is 0 Å². The van der Waals surface area contributed by atoms with Gasteiger partial charge in [0.15, 0.2) is 0 Å². The predicted octanol–water partition coefficient (Wildman–Crippen LogP) is 3.74. The van der Waals surface area contributed by atoms with Crippen molar-refractivity contribution in [3.63, 3.8) is 0 Å². The number of nitrogen functional groups attached to an aromatic ring is 1. The third-order valence-electron chi connectivity index (χ3n) is 3.36. The van der Waals surface area contributed by atoms with Crippen molar-refractivity contribution in [3.05, 3.63) is 36.0 Å². The molecule has 0 aliphatic carbocycles. The van der Waals surface area contributed by atoms with Crippen LogP contribution in [0.4, 0.5) is 5.69 Å². The van der Waals surface area contributed by atoms with Crippen LogP contribution >= 0.6 is 0 Å². The molecular formula is C16H23N3. The lowest BCUT2D eigenvalue weighted by atomic mass is 10.1. The molecule has 0 fully saturated rings. The number of benzene rings is 1. The highest BCUT2D eigenvalue weighted by Crippen LogP contribution is 2.24. The Kier molecular flexibility index (Phi) is 4.25. The number of anilines is 1. The molecule has 0 aliphatic heterocycles. The lowest BCUT2D eigenvalue weighted by Crippen LogP contribution is -2.02. The zero-order chi connectivity index (χ0) is 13.8. The van der Waals surface area contributed by atoms with Gasteiger partial charge in [0.05, 0.1) is 5.69 Å². The first-order valence-electron chi connectivity index (χ1n) is 7.02. The molecule has 0 saturated carbocycles. The molecule has 0 aliphatic rings. The van der Waals surface area contributed by atoms with Gasteiger partial charge in [-0.05, 0) is 24.3 Å². The molecule has 0 spiro atoms. The van der Waals surface area contributed by atoms with Crippen LogP contribution in [0, 0.1) is 5.92 Å². The summed E-state index contributed by atoms with van der Waals surface area (Å²) in [6, 6.07) is 8.48. The van der Waals surface area contributed by atoms with Crippen LogP contribution in [0.3, 0.4) is 0 Å². The minimum absolute atomic E-state index is 0.678. The quantitative estimate of drug-likeness (QED) is 0.886. The summed E-state index contributed by atoms with van der Waals surface area (Å²) in [7, 11) is 0. The molecule has 1 aromatic carbocycles. The maximum atomic E-state index is 6.07. The fourth-order valence-corrected chi connectivity index (χ4v) is 2.06. The SMILES string of the molecule is CCc1ccc(-c2nn(CCC(C)C)cc2N)cc1.